The quantitative estimate of drug-likeness (QED) is 0.648. The Morgan fingerprint density at radius 1 is 1.16 bits per heavy atom. The number of carbonyl (C=O) groups excluding carboxylic acids is 1. The first-order chi connectivity index (χ1) is 12.3. The zero-order valence-corrected chi connectivity index (χ0v) is 15.6. The zero-order chi connectivity index (χ0) is 17.2. The van der Waals surface area contributed by atoms with Gasteiger partial charge in [-0.3, -0.25) is 4.79 Å². The summed E-state index contributed by atoms with van der Waals surface area (Å²) in [6, 6.07) is 13.9. The normalized spacial score (nSPS) is 16.5. The zero-order valence-electron chi connectivity index (χ0n) is 14.0. The second kappa shape index (κ2) is 7.02. The third kappa shape index (κ3) is 2.98. The predicted octanol–water partition coefficient (Wildman–Crippen LogP) is 5.00. The van der Waals surface area contributed by atoms with Crippen molar-refractivity contribution in [1.29, 1.82) is 0 Å². The van der Waals surface area contributed by atoms with Gasteiger partial charge in [0.15, 0.2) is 0 Å². The summed E-state index contributed by atoms with van der Waals surface area (Å²) in [7, 11) is 0. The fraction of sp³-hybridized carbons (Fsp3) is 0.250. The van der Waals surface area contributed by atoms with Gasteiger partial charge in [-0.2, -0.15) is 0 Å². The summed E-state index contributed by atoms with van der Waals surface area (Å²) in [5, 5.41) is 4.21. The van der Waals surface area contributed by atoms with E-state index in [1.165, 1.54) is 15.3 Å². The summed E-state index contributed by atoms with van der Waals surface area (Å²) < 4.78 is 5.69. The highest BCUT2D eigenvalue weighted by molar-refractivity contribution is 7.10. The van der Waals surface area contributed by atoms with E-state index in [1.54, 1.807) is 22.7 Å². The number of amides is 1. The number of rotatable bonds is 4. The lowest BCUT2D eigenvalue weighted by Crippen LogP contribution is -2.39. The number of ether oxygens (including phenoxy) is 1. The molecule has 0 saturated carbocycles. The molecule has 1 atom stereocenters. The van der Waals surface area contributed by atoms with Crippen LogP contribution in [0.2, 0.25) is 0 Å². The molecule has 3 aromatic rings. The Hall–Kier alpha value is -2.11. The first kappa shape index (κ1) is 16.4. The molecule has 2 aromatic heterocycles. The SMILES string of the molecule is CCOc1ccccc1C(=O)N1CCc2sccc2[C@@H]1c1cccs1. The van der Waals surface area contributed by atoms with Gasteiger partial charge in [0.1, 0.15) is 5.75 Å². The minimum absolute atomic E-state index is 0.00261. The molecule has 0 radical (unpaired) electrons. The highest BCUT2D eigenvalue weighted by Crippen LogP contribution is 2.40. The van der Waals surface area contributed by atoms with Gasteiger partial charge in [0.2, 0.25) is 0 Å². The molecule has 0 saturated heterocycles. The Morgan fingerprint density at radius 3 is 2.84 bits per heavy atom. The Morgan fingerprint density at radius 2 is 2.04 bits per heavy atom. The summed E-state index contributed by atoms with van der Waals surface area (Å²) in [6.07, 6.45) is 0.914. The van der Waals surface area contributed by atoms with Crippen molar-refractivity contribution in [2.24, 2.45) is 0 Å². The average molecular weight is 370 g/mol. The largest absolute Gasteiger partial charge is 0.493 e. The molecule has 0 unspecified atom stereocenters. The van der Waals surface area contributed by atoms with Gasteiger partial charge in [0.25, 0.3) is 5.91 Å². The monoisotopic (exact) mass is 369 g/mol. The third-order valence-electron chi connectivity index (χ3n) is 4.46. The van der Waals surface area contributed by atoms with Gasteiger partial charge in [0.05, 0.1) is 18.2 Å². The molecule has 1 aromatic carbocycles. The molecule has 4 rings (SSSR count). The lowest BCUT2D eigenvalue weighted by atomic mass is 9.97. The first-order valence-electron chi connectivity index (χ1n) is 8.42. The van der Waals surface area contributed by atoms with Crippen LogP contribution < -0.4 is 4.74 Å². The molecule has 5 heteroatoms. The van der Waals surface area contributed by atoms with Crippen molar-refractivity contribution < 1.29 is 9.53 Å². The molecule has 0 fully saturated rings. The number of para-hydroxylation sites is 1. The van der Waals surface area contributed by atoms with Gasteiger partial charge in [-0.05, 0) is 53.9 Å². The van der Waals surface area contributed by atoms with Crippen LogP contribution in [-0.4, -0.2) is 24.0 Å². The standard InChI is InChI=1S/C20H19NO2S2/c1-2-23-16-7-4-3-6-14(16)20(22)21-11-9-17-15(10-13-25-17)19(21)18-8-5-12-24-18/h3-8,10,12-13,19H,2,9,11H2,1H3/t19-/m1/s1. The molecular formula is C20H19NO2S2. The number of benzene rings is 1. The van der Waals surface area contributed by atoms with Crippen LogP contribution in [0.4, 0.5) is 0 Å². The molecular weight excluding hydrogens is 350 g/mol. The Balaban J connectivity index is 1.75. The van der Waals surface area contributed by atoms with Crippen LogP contribution >= 0.6 is 22.7 Å². The van der Waals surface area contributed by atoms with Crippen LogP contribution in [0.5, 0.6) is 5.75 Å². The van der Waals surface area contributed by atoms with Gasteiger partial charge >= 0.3 is 0 Å². The van der Waals surface area contributed by atoms with Gasteiger partial charge in [0, 0.05) is 16.3 Å². The molecule has 0 aliphatic carbocycles. The van der Waals surface area contributed by atoms with Crippen molar-refractivity contribution in [3.8, 4) is 5.75 Å². The summed E-state index contributed by atoms with van der Waals surface area (Å²) in [4.78, 5) is 18.0. The maximum atomic E-state index is 13.4. The second-order valence-corrected chi connectivity index (χ2v) is 7.87. The molecule has 0 bridgehead atoms. The molecule has 1 aliphatic rings. The van der Waals surface area contributed by atoms with E-state index in [1.807, 2.05) is 36.1 Å². The Labute approximate surface area is 155 Å². The van der Waals surface area contributed by atoms with Crippen LogP contribution in [0.15, 0.2) is 53.2 Å². The van der Waals surface area contributed by atoms with Gasteiger partial charge < -0.3 is 9.64 Å². The van der Waals surface area contributed by atoms with Crippen LogP contribution in [0.25, 0.3) is 0 Å². The van der Waals surface area contributed by atoms with Crippen molar-refractivity contribution in [1.82, 2.24) is 4.90 Å². The van der Waals surface area contributed by atoms with E-state index < -0.39 is 0 Å². The number of carbonyl (C=O) groups is 1. The number of hydrogen-bond acceptors (Lipinski definition) is 4. The smallest absolute Gasteiger partial charge is 0.258 e. The first-order valence-corrected chi connectivity index (χ1v) is 10.2. The van der Waals surface area contributed by atoms with E-state index >= 15 is 0 Å². The van der Waals surface area contributed by atoms with Crippen molar-refractivity contribution >= 4 is 28.6 Å². The molecule has 25 heavy (non-hydrogen) atoms. The molecule has 1 amide bonds. The van der Waals surface area contributed by atoms with E-state index in [0.717, 1.165) is 13.0 Å². The van der Waals surface area contributed by atoms with Crippen molar-refractivity contribution in [2.75, 3.05) is 13.2 Å². The summed E-state index contributed by atoms with van der Waals surface area (Å²) in [6.45, 7) is 3.22. The van der Waals surface area contributed by atoms with E-state index in [4.69, 9.17) is 4.74 Å². The Kier molecular flexibility index (Phi) is 4.59. The topological polar surface area (TPSA) is 29.5 Å². The number of fused-ring (bicyclic) bond motifs is 1. The summed E-state index contributed by atoms with van der Waals surface area (Å²) in [5.41, 5.74) is 1.91. The highest BCUT2D eigenvalue weighted by atomic mass is 32.1. The van der Waals surface area contributed by atoms with Crippen molar-refractivity contribution in [3.63, 3.8) is 0 Å². The second-order valence-electron chi connectivity index (χ2n) is 5.89. The molecule has 0 spiro atoms. The van der Waals surface area contributed by atoms with Crippen LogP contribution in [0, 0.1) is 0 Å². The van der Waals surface area contributed by atoms with E-state index in [2.05, 4.69) is 29.0 Å². The lowest BCUT2D eigenvalue weighted by Gasteiger charge is -2.35. The Bertz CT molecular complexity index is 869. The van der Waals surface area contributed by atoms with Crippen LogP contribution in [-0.2, 0) is 6.42 Å². The van der Waals surface area contributed by atoms with Crippen LogP contribution in [0.3, 0.4) is 0 Å². The van der Waals surface area contributed by atoms with Crippen molar-refractivity contribution in [2.45, 2.75) is 19.4 Å². The molecule has 3 heterocycles. The fourth-order valence-corrected chi connectivity index (χ4v) is 5.13. The number of hydrogen-bond donors (Lipinski definition) is 0. The predicted molar refractivity (Wildman–Crippen MR) is 103 cm³/mol. The minimum Gasteiger partial charge on any atom is -0.493 e. The van der Waals surface area contributed by atoms with Crippen LogP contribution in [0.1, 0.15) is 38.6 Å². The average Bonchev–Trinajstić information content (AvgIpc) is 3.32. The van der Waals surface area contributed by atoms with E-state index in [0.29, 0.717) is 17.9 Å². The van der Waals surface area contributed by atoms with Crippen molar-refractivity contribution in [3.05, 3.63) is 74.1 Å². The molecule has 1 aliphatic heterocycles. The minimum atomic E-state index is -0.00261. The maximum Gasteiger partial charge on any atom is 0.258 e. The van der Waals surface area contributed by atoms with Gasteiger partial charge in [-0.1, -0.05) is 18.2 Å². The summed E-state index contributed by atoms with van der Waals surface area (Å²) in [5.74, 6) is 0.704. The molecule has 128 valence electrons. The third-order valence-corrected chi connectivity index (χ3v) is 6.38. The van der Waals surface area contributed by atoms with E-state index in [9.17, 15) is 4.79 Å². The summed E-state index contributed by atoms with van der Waals surface area (Å²) >= 11 is 3.50. The fourth-order valence-electron chi connectivity index (χ4n) is 3.37. The molecule has 0 N–H and O–H groups in total. The molecule has 3 nitrogen and oxygen atoms in total. The lowest BCUT2D eigenvalue weighted by molar-refractivity contribution is 0.0694. The number of nitrogens with zero attached hydrogens (tertiary/aromatic N) is 1. The van der Waals surface area contributed by atoms with Gasteiger partial charge in [-0.25, -0.2) is 0 Å². The van der Waals surface area contributed by atoms with Gasteiger partial charge in [-0.15, -0.1) is 22.7 Å². The maximum absolute atomic E-state index is 13.4. The van der Waals surface area contributed by atoms with E-state index in [-0.39, 0.29) is 11.9 Å². The number of thiophene rings is 2. The highest BCUT2D eigenvalue weighted by Gasteiger charge is 2.34.